The summed E-state index contributed by atoms with van der Waals surface area (Å²) in [5, 5.41) is 5.21. The van der Waals surface area contributed by atoms with Crippen LogP contribution in [0.2, 0.25) is 5.02 Å². The third kappa shape index (κ3) is 2.94. The van der Waals surface area contributed by atoms with E-state index in [0.717, 1.165) is 30.9 Å². The molecule has 0 amide bonds. The molecule has 0 bridgehead atoms. The number of imidazole rings is 1. The molecule has 5 aromatic rings. The highest BCUT2D eigenvalue weighted by molar-refractivity contribution is 6.33. The van der Waals surface area contributed by atoms with Gasteiger partial charge in [0.2, 0.25) is 0 Å². The molecule has 0 radical (unpaired) electrons. The van der Waals surface area contributed by atoms with Crippen LogP contribution in [0, 0.1) is 0 Å². The van der Waals surface area contributed by atoms with Gasteiger partial charge in [0.05, 0.1) is 29.6 Å². The predicted molar refractivity (Wildman–Crippen MR) is 119 cm³/mol. The van der Waals surface area contributed by atoms with Crippen molar-refractivity contribution >= 4 is 34.1 Å². The number of nitrogens with one attached hydrogen (secondary N) is 1. The molecular weight excluding hydrogens is 430 g/mol. The molecule has 10 nitrogen and oxygen atoms in total. The topological polar surface area (TPSA) is 110 Å². The van der Waals surface area contributed by atoms with E-state index in [9.17, 15) is 4.79 Å². The van der Waals surface area contributed by atoms with Gasteiger partial charge in [0.1, 0.15) is 17.4 Å². The van der Waals surface area contributed by atoms with Crippen molar-refractivity contribution in [2.75, 3.05) is 11.4 Å². The van der Waals surface area contributed by atoms with E-state index >= 15 is 0 Å². The third-order valence-corrected chi connectivity index (χ3v) is 6.12. The number of H-pyrrole nitrogens is 1. The van der Waals surface area contributed by atoms with Gasteiger partial charge in [-0.15, -0.1) is 0 Å². The second-order valence-corrected chi connectivity index (χ2v) is 8.08. The van der Waals surface area contributed by atoms with Gasteiger partial charge in [-0.3, -0.25) is 14.3 Å². The molecule has 0 aromatic carbocycles. The van der Waals surface area contributed by atoms with Gasteiger partial charge in [-0.2, -0.15) is 5.10 Å². The Labute approximate surface area is 186 Å². The number of hydrogen-bond acceptors (Lipinski definition) is 7. The summed E-state index contributed by atoms with van der Waals surface area (Å²) in [4.78, 5) is 36.3. The van der Waals surface area contributed by atoms with Crippen LogP contribution < -0.4 is 10.5 Å². The quantitative estimate of drug-likeness (QED) is 0.451. The Morgan fingerprint density at radius 1 is 1.16 bits per heavy atom. The fourth-order valence-corrected chi connectivity index (χ4v) is 4.61. The molecule has 160 valence electrons. The van der Waals surface area contributed by atoms with Gasteiger partial charge < -0.3 is 9.88 Å². The molecule has 1 fully saturated rings. The van der Waals surface area contributed by atoms with Crippen molar-refractivity contribution in [3.05, 3.63) is 76.2 Å². The predicted octanol–water partition coefficient (Wildman–Crippen LogP) is 2.60. The molecule has 1 saturated heterocycles. The van der Waals surface area contributed by atoms with Crippen LogP contribution >= 0.6 is 11.6 Å². The van der Waals surface area contributed by atoms with Crippen molar-refractivity contribution < 1.29 is 0 Å². The van der Waals surface area contributed by atoms with Crippen LogP contribution in [0.5, 0.6) is 0 Å². The molecule has 6 heterocycles. The fraction of sp³-hybridized carbons (Fsp3) is 0.238. The van der Waals surface area contributed by atoms with E-state index in [1.165, 1.54) is 6.33 Å². The maximum absolute atomic E-state index is 13.5. The lowest BCUT2D eigenvalue weighted by atomic mass is 10.2. The first-order valence-corrected chi connectivity index (χ1v) is 10.7. The highest BCUT2D eigenvalue weighted by Gasteiger charge is 2.33. The standard InChI is InChI=1S/C21H18ClN9O/c22-14-6-9-31-17(14)21(32)30(10-13-4-1-2-7-23-13)19(28-31)15-5-3-8-29(15)20-16-18(25-11-24-16)26-12-27-20/h1-2,4,6-7,9,11-12,15H,3,5,8,10H2,(H,24,25,26,27)/t15-/m0/s1. The zero-order chi connectivity index (χ0) is 21.7. The normalized spacial score (nSPS) is 16.4. The lowest BCUT2D eigenvalue weighted by molar-refractivity contribution is 0.551. The fourth-order valence-electron chi connectivity index (χ4n) is 4.38. The van der Waals surface area contributed by atoms with E-state index in [1.54, 1.807) is 33.9 Å². The average Bonchev–Trinajstić information content (AvgIpc) is 3.56. The molecule has 0 spiro atoms. The number of hydrogen-bond donors (Lipinski definition) is 1. The Hall–Kier alpha value is -3.79. The zero-order valence-corrected chi connectivity index (χ0v) is 17.6. The lowest BCUT2D eigenvalue weighted by Crippen LogP contribution is -2.34. The summed E-state index contributed by atoms with van der Waals surface area (Å²) in [7, 11) is 0. The molecule has 11 heteroatoms. The molecule has 1 atom stereocenters. The second-order valence-electron chi connectivity index (χ2n) is 7.68. The van der Waals surface area contributed by atoms with Crippen LogP contribution in [0.15, 0.2) is 54.1 Å². The monoisotopic (exact) mass is 447 g/mol. The van der Waals surface area contributed by atoms with E-state index in [4.69, 9.17) is 16.7 Å². The van der Waals surface area contributed by atoms with Crippen molar-refractivity contribution in [1.82, 2.24) is 39.1 Å². The molecule has 1 N–H and O–H groups in total. The Bertz CT molecular complexity index is 1490. The van der Waals surface area contributed by atoms with Crippen molar-refractivity contribution in [3.8, 4) is 0 Å². The number of nitrogens with zero attached hydrogens (tertiary/aromatic N) is 8. The Morgan fingerprint density at radius 3 is 2.97 bits per heavy atom. The van der Waals surface area contributed by atoms with Crippen LogP contribution in [0.4, 0.5) is 5.82 Å². The highest BCUT2D eigenvalue weighted by Crippen LogP contribution is 2.36. The Kier molecular flexibility index (Phi) is 4.39. The number of pyridine rings is 1. The Balaban J connectivity index is 1.54. The molecule has 1 aliphatic heterocycles. The largest absolute Gasteiger partial charge is 0.344 e. The molecule has 0 aliphatic carbocycles. The first-order chi connectivity index (χ1) is 15.7. The SMILES string of the molecule is O=c1c2c(Cl)ccn2nc([C@@H]2CCCN2c2ncnc3[nH]cnc23)n1Cc1ccccn1. The summed E-state index contributed by atoms with van der Waals surface area (Å²) in [6.45, 7) is 1.07. The first-order valence-electron chi connectivity index (χ1n) is 10.3. The zero-order valence-electron chi connectivity index (χ0n) is 16.9. The minimum atomic E-state index is -0.199. The van der Waals surface area contributed by atoms with Gasteiger partial charge in [0, 0.05) is 18.9 Å². The Morgan fingerprint density at radius 2 is 2.09 bits per heavy atom. The minimum Gasteiger partial charge on any atom is -0.344 e. The average molecular weight is 448 g/mol. The van der Waals surface area contributed by atoms with Gasteiger partial charge in [-0.25, -0.2) is 19.5 Å². The summed E-state index contributed by atoms with van der Waals surface area (Å²) in [6.07, 6.45) is 8.32. The molecule has 5 aromatic heterocycles. The van der Waals surface area contributed by atoms with Crippen LogP contribution in [-0.2, 0) is 6.54 Å². The molecular formula is C21H18ClN9O. The van der Waals surface area contributed by atoms with Crippen LogP contribution in [0.3, 0.4) is 0 Å². The van der Waals surface area contributed by atoms with Crippen molar-refractivity contribution in [2.45, 2.75) is 25.4 Å². The van der Waals surface area contributed by atoms with Gasteiger partial charge in [0.25, 0.3) is 5.56 Å². The summed E-state index contributed by atoms with van der Waals surface area (Å²) in [6, 6.07) is 7.17. The van der Waals surface area contributed by atoms with Crippen molar-refractivity contribution in [1.29, 1.82) is 0 Å². The van der Waals surface area contributed by atoms with E-state index in [-0.39, 0.29) is 11.6 Å². The van der Waals surface area contributed by atoms with Crippen LogP contribution in [-0.4, -0.2) is 45.6 Å². The number of rotatable bonds is 4. The molecule has 0 saturated carbocycles. The van der Waals surface area contributed by atoms with Crippen molar-refractivity contribution in [3.63, 3.8) is 0 Å². The van der Waals surface area contributed by atoms with Gasteiger partial charge in [-0.1, -0.05) is 17.7 Å². The number of aromatic amines is 1. The number of fused-ring (bicyclic) bond motifs is 2. The molecule has 0 unspecified atom stereocenters. The van der Waals surface area contributed by atoms with Crippen molar-refractivity contribution in [2.24, 2.45) is 0 Å². The summed E-state index contributed by atoms with van der Waals surface area (Å²) in [5.41, 5.74) is 2.30. The first kappa shape index (κ1) is 18.9. The van der Waals surface area contributed by atoms with Gasteiger partial charge in [0.15, 0.2) is 17.3 Å². The third-order valence-electron chi connectivity index (χ3n) is 5.82. The summed E-state index contributed by atoms with van der Waals surface area (Å²) >= 11 is 6.31. The summed E-state index contributed by atoms with van der Waals surface area (Å²) < 4.78 is 3.24. The van der Waals surface area contributed by atoms with E-state index in [2.05, 4.69) is 29.8 Å². The van der Waals surface area contributed by atoms with E-state index < -0.39 is 0 Å². The van der Waals surface area contributed by atoms with Crippen LogP contribution in [0.1, 0.15) is 30.4 Å². The van der Waals surface area contributed by atoms with Gasteiger partial charge in [-0.05, 0) is 31.0 Å². The molecule has 1 aliphatic rings. The second kappa shape index (κ2) is 7.41. The van der Waals surface area contributed by atoms with Gasteiger partial charge >= 0.3 is 0 Å². The minimum absolute atomic E-state index is 0.160. The van der Waals surface area contributed by atoms with Crippen LogP contribution in [0.25, 0.3) is 16.7 Å². The molecule has 6 rings (SSSR count). The molecule has 32 heavy (non-hydrogen) atoms. The smallest absolute Gasteiger partial charge is 0.279 e. The van der Waals surface area contributed by atoms with E-state index in [0.29, 0.717) is 34.1 Å². The van der Waals surface area contributed by atoms with E-state index in [1.807, 2.05) is 18.2 Å². The summed E-state index contributed by atoms with van der Waals surface area (Å²) in [5.74, 6) is 1.36. The number of halogens is 1. The maximum Gasteiger partial charge on any atom is 0.279 e. The lowest BCUT2D eigenvalue weighted by Gasteiger charge is -2.27. The number of anilines is 1. The number of aromatic nitrogens is 8. The maximum atomic E-state index is 13.5. The highest BCUT2D eigenvalue weighted by atomic mass is 35.5.